The minimum atomic E-state index is 0.658. The van der Waals surface area contributed by atoms with Gasteiger partial charge in [0, 0.05) is 0 Å². The Labute approximate surface area is 83.9 Å². The van der Waals surface area contributed by atoms with Crippen LogP contribution in [0.3, 0.4) is 0 Å². The molecule has 1 aliphatic carbocycles. The number of aldehydes is 1. The summed E-state index contributed by atoms with van der Waals surface area (Å²) in [5.74, 6) is 1.44. The Morgan fingerprint density at radius 2 is 2.29 bits per heavy atom. The maximum absolute atomic E-state index is 10.8. The first-order valence-corrected chi connectivity index (χ1v) is 4.98. The van der Waals surface area contributed by atoms with Crippen LogP contribution >= 0.6 is 0 Å². The first-order valence-electron chi connectivity index (χ1n) is 4.98. The number of hydrogen-bond acceptors (Lipinski definition) is 2. The fourth-order valence-electron chi connectivity index (χ4n) is 1.38. The lowest BCUT2D eigenvalue weighted by molar-refractivity contribution is 0.111. The van der Waals surface area contributed by atoms with Crippen LogP contribution in [0.5, 0.6) is 5.75 Å². The molecule has 1 fully saturated rings. The van der Waals surface area contributed by atoms with Crippen molar-refractivity contribution >= 4 is 6.29 Å². The number of hydrogen-bond donors (Lipinski definition) is 0. The highest BCUT2D eigenvalue weighted by Crippen LogP contribution is 2.30. The molecule has 2 heteroatoms. The first-order chi connectivity index (χ1) is 6.79. The maximum atomic E-state index is 10.8. The number of rotatable bonds is 4. The van der Waals surface area contributed by atoms with Gasteiger partial charge in [0.2, 0.25) is 0 Å². The Morgan fingerprint density at radius 3 is 2.93 bits per heavy atom. The summed E-state index contributed by atoms with van der Waals surface area (Å²) in [5, 5.41) is 0. The number of carbonyl (C=O) groups excluding carboxylic acids is 1. The van der Waals surface area contributed by atoms with Crippen LogP contribution in [-0.4, -0.2) is 12.9 Å². The summed E-state index contributed by atoms with van der Waals surface area (Å²) in [6, 6.07) is 5.70. The van der Waals surface area contributed by atoms with Gasteiger partial charge in [-0.1, -0.05) is 11.6 Å². The van der Waals surface area contributed by atoms with Crippen molar-refractivity contribution in [1.82, 2.24) is 0 Å². The number of ether oxygens (including phenoxy) is 1. The zero-order valence-corrected chi connectivity index (χ0v) is 8.32. The molecule has 1 aromatic rings. The fraction of sp³-hybridized carbons (Fsp3) is 0.417. The lowest BCUT2D eigenvalue weighted by Gasteiger charge is -2.07. The third kappa shape index (κ3) is 2.13. The largest absolute Gasteiger partial charge is 0.493 e. The molecular formula is C12H14O2. The molecule has 74 valence electrons. The lowest BCUT2D eigenvalue weighted by Crippen LogP contribution is -2.01. The van der Waals surface area contributed by atoms with E-state index in [2.05, 4.69) is 0 Å². The van der Waals surface area contributed by atoms with Gasteiger partial charge in [-0.2, -0.15) is 0 Å². The predicted molar refractivity (Wildman–Crippen MR) is 54.8 cm³/mol. The van der Waals surface area contributed by atoms with Crippen molar-refractivity contribution in [3.05, 3.63) is 29.3 Å². The van der Waals surface area contributed by atoms with Gasteiger partial charge in [-0.3, -0.25) is 4.79 Å². The second kappa shape index (κ2) is 3.82. The molecule has 0 unspecified atom stereocenters. The highest BCUT2D eigenvalue weighted by molar-refractivity contribution is 5.79. The van der Waals surface area contributed by atoms with Crippen molar-refractivity contribution < 1.29 is 9.53 Å². The van der Waals surface area contributed by atoms with E-state index in [-0.39, 0.29) is 0 Å². The Balaban J connectivity index is 2.09. The molecule has 0 atom stereocenters. The van der Waals surface area contributed by atoms with Crippen LogP contribution in [0.4, 0.5) is 0 Å². The van der Waals surface area contributed by atoms with E-state index in [9.17, 15) is 4.79 Å². The Kier molecular flexibility index (Phi) is 2.53. The summed E-state index contributed by atoms with van der Waals surface area (Å²) >= 11 is 0. The number of carbonyl (C=O) groups is 1. The molecule has 0 radical (unpaired) electrons. The molecular weight excluding hydrogens is 176 g/mol. The van der Waals surface area contributed by atoms with E-state index in [1.54, 1.807) is 0 Å². The van der Waals surface area contributed by atoms with E-state index in [4.69, 9.17) is 4.74 Å². The molecule has 14 heavy (non-hydrogen) atoms. The van der Waals surface area contributed by atoms with Crippen LogP contribution in [0.25, 0.3) is 0 Å². The fourth-order valence-corrected chi connectivity index (χ4v) is 1.38. The predicted octanol–water partition coefficient (Wildman–Crippen LogP) is 2.60. The van der Waals surface area contributed by atoms with E-state index in [1.165, 1.54) is 12.8 Å². The van der Waals surface area contributed by atoms with Gasteiger partial charge in [0.05, 0.1) is 12.2 Å². The van der Waals surface area contributed by atoms with Crippen LogP contribution in [0.1, 0.15) is 28.8 Å². The summed E-state index contributed by atoms with van der Waals surface area (Å²) < 4.78 is 5.58. The number of benzene rings is 1. The highest BCUT2D eigenvalue weighted by Gasteiger charge is 2.22. The molecule has 0 aliphatic heterocycles. The van der Waals surface area contributed by atoms with Crippen LogP contribution in [0.2, 0.25) is 0 Å². The molecule has 0 saturated heterocycles. The molecule has 0 amide bonds. The maximum Gasteiger partial charge on any atom is 0.153 e. The minimum absolute atomic E-state index is 0.658. The van der Waals surface area contributed by atoms with Gasteiger partial charge in [0.25, 0.3) is 0 Å². The van der Waals surface area contributed by atoms with Crippen molar-refractivity contribution in [1.29, 1.82) is 0 Å². The molecule has 2 nitrogen and oxygen atoms in total. The first kappa shape index (κ1) is 9.25. The average Bonchev–Trinajstić information content (AvgIpc) is 2.99. The molecule has 0 spiro atoms. The molecule has 1 aromatic carbocycles. The van der Waals surface area contributed by atoms with Crippen LogP contribution in [-0.2, 0) is 0 Å². The second-order valence-electron chi connectivity index (χ2n) is 3.91. The molecule has 0 N–H and O–H groups in total. The van der Waals surface area contributed by atoms with E-state index in [0.29, 0.717) is 5.56 Å². The van der Waals surface area contributed by atoms with E-state index < -0.39 is 0 Å². The van der Waals surface area contributed by atoms with Gasteiger partial charge in [0.1, 0.15) is 5.75 Å². The standard InChI is InChI=1S/C12H14O2/c1-9-2-5-12(11(6-9)7-13)14-8-10-3-4-10/h2,5-7,10H,3-4,8H2,1H3. The normalized spacial score (nSPS) is 15.2. The molecule has 2 rings (SSSR count). The van der Waals surface area contributed by atoms with E-state index in [1.807, 2.05) is 25.1 Å². The van der Waals surface area contributed by atoms with E-state index >= 15 is 0 Å². The van der Waals surface area contributed by atoms with Gasteiger partial charge in [0.15, 0.2) is 6.29 Å². The van der Waals surface area contributed by atoms with Crippen molar-refractivity contribution in [3.63, 3.8) is 0 Å². The van der Waals surface area contributed by atoms with Gasteiger partial charge in [-0.15, -0.1) is 0 Å². The summed E-state index contributed by atoms with van der Waals surface area (Å²) in [6.07, 6.45) is 3.39. The Bertz CT molecular complexity index is 340. The second-order valence-corrected chi connectivity index (χ2v) is 3.91. The zero-order valence-electron chi connectivity index (χ0n) is 8.32. The summed E-state index contributed by atoms with van der Waals surface area (Å²) in [7, 11) is 0. The average molecular weight is 190 g/mol. The third-order valence-corrected chi connectivity index (χ3v) is 2.46. The van der Waals surface area contributed by atoms with Crippen LogP contribution in [0, 0.1) is 12.8 Å². The van der Waals surface area contributed by atoms with Crippen LogP contribution < -0.4 is 4.74 Å². The van der Waals surface area contributed by atoms with E-state index in [0.717, 1.165) is 30.1 Å². The highest BCUT2D eigenvalue weighted by atomic mass is 16.5. The molecule has 1 aliphatic rings. The number of aryl methyl sites for hydroxylation is 1. The Morgan fingerprint density at radius 1 is 1.50 bits per heavy atom. The van der Waals surface area contributed by atoms with Crippen molar-refractivity contribution in [2.45, 2.75) is 19.8 Å². The molecule has 0 bridgehead atoms. The summed E-state index contributed by atoms with van der Waals surface area (Å²) in [4.78, 5) is 10.8. The summed E-state index contributed by atoms with van der Waals surface area (Å²) in [6.45, 7) is 2.72. The molecule has 0 aromatic heterocycles. The van der Waals surface area contributed by atoms with Crippen molar-refractivity contribution in [2.75, 3.05) is 6.61 Å². The lowest BCUT2D eigenvalue weighted by atomic mass is 10.1. The monoisotopic (exact) mass is 190 g/mol. The SMILES string of the molecule is Cc1ccc(OCC2CC2)c(C=O)c1. The van der Waals surface area contributed by atoms with Crippen molar-refractivity contribution in [2.24, 2.45) is 5.92 Å². The topological polar surface area (TPSA) is 26.3 Å². The van der Waals surface area contributed by atoms with Crippen molar-refractivity contribution in [3.8, 4) is 5.75 Å². The zero-order chi connectivity index (χ0) is 9.97. The van der Waals surface area contributed by atoms with Gasteiger partial charge >= 0.3 is 0 Å². The quantitative estimate of drug-likeness (QED) is 0.682. The molecule has 1 saturated carbocycles. The van der Waals surface area contributed by atoms with Crippen LogP contribution in [0.15, 0.2) is 18.2 Å². The van der Waals surface area contributed by atoms with Gasteiger partial charge < -0.3 is 4.74 Å². The smallest absolute Gasteiger partial charge is 0.153 e. The molecule has 0 heterocycles. The third-order valence-electron chi connectivity index (χ3n) is 2.46. The van der Waals surface area contributed by atoms with Gasteiger partial charge in [-0.05, 0) is 37.8 Å². The van der Waals surface area contributed by atoms with Gasteiger partial charge in [-0.25, -0.2) is 0 Å². The minimum Gasteiger partial charge on any atom is -0.493 e. The Hall–Kier alpha value is -1.31. The summed E-state index contributed by atoms with van der Waals surface area (Å²) in [5.41, 5.74) is 1.75.